The highest BCUT2D eigenvalue weighted by molar-refractivity contribution is 5.94. The number of benzene rings is 1. The molecule has 0 spiro atoms. The number of morpholine rings is 1. The van der Waals surface area contributed by atoms with Crippen molar-refractivity contribution in [1.82, 2.24) is 14.8 Å². The van der Waals surface area contributed by atoms with E-state index in [0.29, 0.717) is 50.4 Å². The van der Waals surface area contributed by atoms with Crippen molar-refractivity contribution < 1.29 is 14.3 Å². The maximum Gasteiger partial charge on any atom is 0.255 e. The van der Waals surface area contributed by atoms with Gasteiger partial charge in [-0.05, 0) is 43.2 Å². The zero-order valence-electron chi connectivity index (χ0n) is 16.7. The smallest absolute Gasteiger partial charge is 0.255 e. The molecule has 2 amide bonds. The summed E-state index contributed by atoms with van der Waals surface area (Å²) in [4.78, 5) is 39.2. The summed E-state index contributed by atoms with van der Waals surface area (Å²) in [6.07, 6.45) is 2.79. The molecular weight excluding hydrogens is 384 g/mol. The lowest BCUT2D eigenvalue weighted by Gasteiger charge is -2.29. The van der Waals surface area contributed by atoms with E-state index in [1.165, 1.54) is 10.6 Å². The van der Waals surface area contributed by atoms with E-state index in [9.17, 15) is 14.4 Å². The quantitative estimate of drug-likeness (QED) is 0.765. The van der Waals surface area contributed by atoms with Crippen molar-refractivity contribution in [3.05, 3.63) is 64.6 Å². The van der Waals surface area contributed by atoms with Crippen LogP contribution in [0.15, 0.2) is 53.5 Å². The maximum atomic E-state index is 12.7. The lowest BCUT2D eigenvalue weighted by atomic mass is 10.1. The Kier molecular flexibility index (Phi) is 5.96. The number of aromatic nitrogens is 1. The summed E-state index contributed by atoms with van der Waals surface area (Å²) >= 11 is 0. The van der Waals surface area contributed by atoms with Crippen molar-refractivity contribution >= 4 is 11.8 Å². The summed E-state index contributed by atoms with van der Waals surface area (Å²) in [6.45, 7) is 2.35. The number of carbonyl (C=O) groups excluding carboxylic acids is 2. The van der Waals surface area contributed by atoms with Crippen LogP contribution in [0.4, 0.5) is 0 Å². The molecule has 8 heteroatoms. The summed E-state index contributed by atoms with van der Waals surface area (Å²) in [5, 5.41) is 2.98. The minimum Gasteiger partial charge on any atom is -0.378 e. The Labute approximate surface area is 174 Å². The zero-order chi connectivity index (χ0) is 21.1. The Bertz CT molecular complexity index is 966. The van der Waals surface area contributed by atoms with Crippen molar-refractivity contribution in [2.24, 2.45) is 11.7 Å². The van der Waals surface area contributed by atoms with Gasteiger partial charge in [-0.25, -0.2) is 0 Å². The van der Waals surface area contributed by atoms with E-state index in [2.05, 4.69) is 5.32 Å². The van der Waals surface area contributed by atoms with E-state index in [4.69, 9.17) is 10.5 Å². The van der Waals surface area contributed by atoms with Gasteiger partial charge < -0.3 is 20.7 Å². The van der Waals surface area contributed by atoms with E-state index < -0.39 is 0 Å². The Balaban J connectivity index is 1.38. The molecular formula is C22H26N4O4. The molecule has 1 saturated carbocycles. The van der Waals surface area contributed by atoms with Crippen molar-refractivity contribution in [3.8, 4) is 5.69 Å². The molecule has 2 aromatic rings. The normalized spacial score (nSPS) is 23.9. The van der Waals surface area contributed by atoms with Crippen LogP contribution in [0.3, 0.4) is 0 Å². The highest BCUT2D eigenvalue weighted by Gasteiger charge is 2.38. The minimum atomic E-state index is -0.258. The van der Waals surface area contributed by atoms with Crippen LogP contribution in [0.25, 0.3) is 5.69 Å². The highest BCUT2D eigenvalue weighted by Crippen LogP contribution is 2.27. The Hall–Kier alpha value is -2.97. The van der Waals surface area contributed by atoms with Gasteiger partial charge in [-0.15, -0.1) is 0 Å². The molecule has 2 fully saturated rings. The van der Waals surface area contributed by atoms with E-state index in [0.717, 1.165) is 0 Å². The second-order valence-corrected chi connectivity index (χ2v) is 7.81. The fourth-order valence-corrected chi connectivity index (χ4v) is 4.15. The standard InChI is InChI=1S/C22H26N4O4/c23-18-13-16(22(29)25-9-11-30-12-10-25)14-19(18)24-21(28)15-4-6-17(7-5-15)26-8-2-1-3-20(26)27/h1-8,16,18-19H,9-14,23H2,(H,24,28). The molecule has 3 unspecified atom stereocenters. The third-order valence-corrected chi connectivity index (χ3v) is 5.83. The number of hydrogen-bond donors (Lipinski definition) is 2. The van der Waals surface area contributed by atoms with Gasteiger partial charge in [-0.3, -0.25) is 19.0 Å². The summed E-state index contributed by atoms with van der Waals surface area (Å²) in [5.74, 6) is -0.305. The number of hydrogen-bond acceptors (Lipinski definition) is 5. The van der Waals surface area contributed by atoms with Crippen molar-refractivity contribution in [2.45, 2.75) is 24.9 Å². The van der Waals surface area contributed by atoms with Crippen LogP contribution in [-0.2, 0) is 9.53 Å². The Morgan fingerprint density at radius 1 is 1.03 bits per heavy atom. The van der Waals surface area contributed by atoms with Crippen LogP contribution in [0.2, 0.25) is 0 Å². The van der Waals surface area contributed by atoms with Gasteiger partial charge in [0.1, 0.15) is 0 Å². The van der Waals surface area contributed by atoms with Gasteiger partial charge in [0.05, 0.1) is 13.2 Å². The first kappa shape index (κ1) is 20.3. The largest absolute Gasteiger partial charge is 0.378 e. The minimum absolute atomic E-state index is 0.100. The predicted molar refractivity (Wildman–Crippen MR) is 111 cm³/mol. The zero-order valence-corrected chi connectivity index (χ0v) is 16.7. The van der Waals surface area contributed by atoms with Crippen molar-refractivity contribution in [3.63, 3.8) is 0 Å². The fraction of sp³-hybridized carbons (Fsp3) is 0.409. The van der Waals surface area contributed by atoms with Gasteiger partial charge in [0.2, 0.25) is 5.91 Å². The molecule has 1 aliphatic heterocycles. The van der Waals surface area contributed by atoms with Gasteiger partial charge in [0.25, 0.3) is 11.5 Å². The molecule has 8 nitrogen and oxygen atoms in total. The van der Waals surface area contributed by atoms with Crippen LogP contribution in [0, 0.1) is 5.92 Å². The van der Waals surface area contributed by atoms with Crippen LogP contribution in [0.5, 0.6) is 0 Å². The molecule has 30 heavy (non-hydrogen) atoms. The predicted octanol–water partition coefficient (Wildman–Crippen LogP) is 0.532. The summed E-state index contributed by atoms with van der Waals surface area (Å²) in [6, 6.07) is 11.3. The van der Waals surface area contributed by atoms with Crippen LogP contribution in [0.1, 0.15) is 23.2 Å². The summed E-state index contributed by atoms with van der Waals surface area (Å²) in [5.41, 5.74) is 7.27. The van der Waals surface area contributed by atoms with E-state index in [-0.39, 0.29) is 35.4 Å². The lowest BCUT2D eigenvalue weighted by molar-refractivity contribution is -0.139. The second-order valence-electron chi connectivity index (χ2n) is 7.81. The molecule has 1 aromatic heterocycles. The van der Waals surface area contributed by atoms with Crippen LogP contribution >= 0.6 is 0 Å². The first-order chi connectivity index (χ1) is 14.5. The molecule has 1 saturated heterocycles. The van der Waals surface area contributed by atoms with Gasteiger partial charge >= 0.3 is 0 Å². The van der Waals surface area contributed by atoms with E-state index in [1.54, 1.807) is 42.6 Å². The van der Waals surface area contributed by atoms with Gasteiger partial charge in [-0.2, -0.15) is 0 Å². The summed E-state index contributed by atoms with van der Waals surface area (Å²) in [7, 11) is 0. The molecule has 1 aromatic carbocycles. The number of amides is 2. The topological polar surface area (TPSA) is 107 Å². The van der Waals surface area contributed by atoms with Crippen molar-refractivity contribution in [1.29, 1.82) is 0 Å². The highest BCUT2D eigenvalue weighted by atomic mass is 16.5. The number of pyridine rings is 1. The van der Waals surface area contributed by atoms with E-state index >= 15 is 0 Å². The SMILES string of the molecule is NC1CC(C(=O)N2CCOCC2)CC1NC(=O)c1ccc(-n2ccccc2=O)cc1. The molecule has 3 N–H and O–H groups in total. The number of nitrogens with one attached hydrogen (secondary N) is 1. The van der Waals surface area contributed by atoms with Crippen LogP contribution < -0.4 is 16.6 Å². The lowest BCUT2D eigenvalue weighted by Crippen LogP contribution is -2.44. The first-order valence-corrected chi connectivity index (χ1v) is 10.2. The number of carbonyl (C=O) groups is 2. The van der Waals surface area contributed by atoms with Gasteiger partial charge in [0, 0.05) is 54.6 Å². The Morgan fingerprint density at radius 2 is 1.77 bits per heavy atom. The van der Waals surface area contributed by atoms with Crippen molar-refractivity contribution in [2.75, 3.05) is 26.3 Å². The number of rotatable bonds is 4. The average Bonchev–Trinajstić information content (AvgIpc) is 3.14. The van der Waals surface area contributed by atoms with Crippen LogP contribution in [-0.4, -0.2) is 59.7 Å². The van der Waals surface area contributed by atoms with Gasteiger partial charge in [-0.1, -0.05) is 6.07 Å². The summed E-state index contributed by atoms with van der Waals surface area (Å²) < 4.78 is 6.82. The molecule has 2 aliphatic rings. The maximum absolute atomic E-state index is 12.7. The number of nitrogens with zero attached hydrogens (tertiary/aromatic N) is 2. The molecule has 2 heterocycles. The molecule has 1 aliphatic carbocycles. The molecule has 4 rings (SSSR count). The van der Waals surface area contributed by atoms with Gasteiger partial charge in [0.15, 0.2) is 0 Å². The second kappa shape index (κ2) is 8.81. The molecule has 0 bridgehead atoms. The average molecular weight is 410 g/mol. The third-order valence-electron chi connectivity index (χ3n) is 5.83. The molecule has 0 radical (unpaired) electrons. The fourth-order valence-electron chi connectivity index (χ4n) is 4.15. The monoisotopic (exact) mass is 410 g/mol. The third kappa shape index (κ3) is 4.29. The number of ether oxygens (including phenoxy) is 1. The first-order valence-electron chi connectivity index (χ1n) is 10.2. The Morgan fingerprint density at radius 3 is 2.47 bits per heavy atom. The number of nitrogens with two attached hydrogens (primary N) is 1. The molecule has 3 atom stereocenters. The molecule has 158 valence electrons. The van der Waals surface area contributed by atoms with E-state index in [1.807, 2.05) is 4.90 Å².